The number of amides is 2. The van der Waals surface area contributed by atoms with Crippen LogP contribution in [0.15, 0.2) is 30.3 Å². The van der Waals surface area contributed by atoms with Crippen LogP contribution in [0, 0.1) is 0 Å². The van der Waals surface area contributed by atoms with Gasteiger partial charge in [-0.1, -0.05) is 30.3 Å². The predicted molar refractivity (Wildman–Crippen MR) is 104 cm³/mol. The molecular formula is C20H32N2O5+. The molecule has 7 heteroatoms. The van der Waals surface area contributed by atoms with E-state index in [-0.39, 0.29) is 13.2 Å². The van der Waals surface area contributed by atoms with Crippen LogP contribution >= 0.6 is 0 Å². The first-order chi connectivity index (χ1) is 12.4. The fourth-order valence-corrected chi connectivity index (χ4v) is 2.05. The monoisotopic (exact) mass is 380 g/mol. The molecule has 0 saturated heterocycles. The summed E-state index contributed by atoms with van der Waals surface area (Å²) in [7, 11) is 0. The number of carbonyl (C=O) groups is 2. The topological polar surface area (TPSA) is 93.8 Å². The molecule has 1 atom stereocenters. The molecule has 0 spiro atoms. The number of benzene rings is 1. The Labute approximate surface area is 161 Å². The molecule has 7 nitrogen and oxygen atoms in total. The van der Waals surface area contributed by atoms with Crippen molar-refractivity contribution in [3.8, 4) is 0 Å². The highest BCUT2D eigenvalue weighted by molar-refractivity contribution is 5.91. The lowest BCUT2D eigenvalue weighted by Gasteiger charge is -2.22. The van der Waals surface area contributed by atoms with Crippen molar-refractivity contribution >= 4 is 12.2 Å². The van der Waals surface area contributed by atoms with Gasteiger partial charge in [0.25, 0.3) is 0 Å². The Hall–Kier alpha value is -1.96. The van der Waals surface area contributed by atoms with E-state index in [9.17, 15) is 9.59 Å². The first-order valence-corrected chi connectivity index (χ1v) is 8.98. The third-order valence-electron chi connectivity index (χ3n) is 3.09. The van der Waals surface area contributed by atoms with Gasteiger partial charge in [-0.3, -0.25) is 0 Å². The van der Waals surface area contributed by atoms with Crippen molar-refractivity contribution in [2.45, 2.75) is 65.4 Å². The highest BCUT2D eigenvalue weighted by Gasteiger charge is 2.44. The molecule has 1 radical (unpaired) electrons. The summed E-state index contributed by atoms with van der Waals surface area (Å²) in [4.78, 5) is 25.7. The Morgan fingerprint density at radius 1 is 0.963 bits per heavy atom. The van der Waals surface area contributed by atoms with Crippen LogP contribution < -0.4 is 10.6 Å². The lowest BCUT2D eigenvalue weighted by molar-refractivity contribution is 0.0157. The van der Waals surface area contributed by atoms with Crippen LogP contribution in [0.1, 0.15) is 47.1 Å². The smallest absolute Gasteiger partial charge is 0.410 e. The Balaban J connectivity index is 2.68. The van der Waals surface area contributed by atoms with Gasteiger partial charge in [0.1, 0.15) is 11.2 Å². The van der Waals surface area contributed by atoms with Crippen molar-refractivity contribution in [2.75, 3.05) is 13.2 Å². The zero-order valence-electron chi connectivity index (χ0n) is 17.2. The lowest BCUT2D eigenvalue weighted by atomic mass is 10.2. The van der Waals surface area contributed by atoms with E-state index in [1.165, 1.54) is 0 Å². The molecular weight excluding hydrogens is 348 g/mol. The van der Waals surface area contributed by atoms with Gasteiger partial charge in [0, 0.05) is 0 Å². The van der Waals surface area contributed by atoms with Crippen LogP contribution in [-0.2, 0) is 20.8 Å². The van der Waals surface area contributed by atoms with Crippen molar-refractivity contribution in [1.29, 1.82) is 0 Å². The molecule has 0 fully saturated rings. The molecule has 0 saturated carbocycles. The molecule has 1 unspecified atom stereocenters. The van der Waals surface area contributed by atoms with Gasteiger partial charge in [-0.15, -0.1) is 0 Å². The number of ether oxygens (including phenoxy) is 3. The third kappa shape index (κ3) is 10.1. The molecule has 27 heavy (non-hydrogen) atoms. The minimum atomic E-state index is -0.796. The van der Waals surface area contributed by atoms with E-state index in [1.54, 1.807) is 41.5 Å². The van der Waals surface area contributed by atoms with E-state index < -0.39 is 29.4 Å². The number of nitrogens with two attached hydrogens (primary N) is 1. The SMILES string of the molecule is CC(C)(C)OC(=O)[N+](CC(N)COCc1ccccc1)C(=O)OC(C)(C)C. The van der Waals surface area contributed by atoms with Gasteiger partial charge in [-0.25, -0.2) is 0 Å². The van der Waals surface area contributed by atoms with Crippen molar-refractivity contribution in [3.05, 3.63) is 35.9 Å². The minimum absolute atomic E-state index is 0.0708. The predicted octanol–water partition coefficient (Wildman–Crippen LogP) is 3.54. The van der Waals surface area contributed by atoms with E-state index in [4.69, 9.17) is 19.9 Å². The van der Waals surface area contributed by atoms with Crippen molar-refractivity contribution in [3.63, 3.8) is 0 Å². The Morgan fingerprint density at radius 2 is 1.44 bits per heavy atom. The van der Waals surface area contributed by atoms with Crippen LogP contribution in [0.2, 0.25) is 0 Å². The highest BCUT2D eigenvalue weighted by Crippen LogP contribution is 2.13. The molecule has 2 N–H and O–H groups in total. The third-order valence-corrected chi connectivity index (χ3v) is 3.09. The molecule has 151 valence electrons. The average Bonchev–Trinajstić information content (AvgIpc) is 2.50. The average molecular weight is 380 g/mol. The Bertz CT molecular complexity index is 577. The summed E-state index contributed by atoms with van der Waals surface area (Å²) in [5.41, 5.74) is 5.58. The molecule has 0 aliphatic carbocycles. The molecule has 1 aromatic rings. The van der Waals surface area contributed by atoms with Crippen LogP contribution in [0.25, 0.3) is 0 Å². The molecule has 1 rings (SSSR count). The van der Waals surface area contributed by atoms with Gasteiger partial charge in [0.15, 0.2) is 6.54 Å². The molecule has 0 aliphatic rings. The molecule has 1 aromatic carbocycles. The number of imide groups is 1. The normalized spacial score (nSPS) is 13.3. The molecule has 2 amide bonds. The fraction of sp³-hybridized carbons (Fsp3) is 0.600. The quantitative estimate of drug-likeness (QED) is 0.759. The van der Waals surface area contributed by atoms with Gasteiger partial charge in [-0.2, -0.15) is 9.59 Å². The van der Waals surface area contributed by atoms with E-state index in [0.29, 0.717) is 6.61 Å². The van der Waals surface area contributed by atoms with Crippen molar-refractivity contribution in [1.82, 2.24) is 4.90 Å². The molecule has 0 aromatic heterocycles. The van der Waals surface area contributed by atoms with Crippen LogP contribution in [0.3, 0.4) is 0 Å². The van der Waals surface area contributed by atoms with E-state index in [0.717, 1.165) is 10.5 Å². The minimum Gasteiger partial charge on any atom is -0.410 e. The van der Waals surface area contributed by atoms with Crippen LogP contribution in [0.4, 0.5) is 9.59 Å². The summed E-state index contributed by atoms with van der Waals surface area (Å²) in [6.45, 7) is 10.8. The lowest BCUT2D eigenvalue weighted by Crippen LogP contribution is -2.53. The van der Waals surface area contributed by atoms with Crippen molar-refractivity contribution < 1.29 is 23.8 Å². The van der Waals surface area contributed by atoms with Gasteiger partial charge in [0.05, 0.1) is 24.2 Å². The van der Waals surface area contributed by atoms with Gasteiger partial charge in [0.2, 0.25) is 0 Å². The summed E-state index contributed by atoms with van der Waals surface area (Å²) >= 11 is 0. The second-order valence-electron chi connectivity index (χ2n) is 8.33. The second kappa shape index (κ2) is 9.82. The zero-order valence-corrected chi connectivity index (χ0v) is 17.2. The first kappa shape index (κ1) is 23.1. The van der Waals surface area contributed by atoms with Crippen LogP contribution in [0.5, 0.6) is 0 Å². The fourth-order valence-electron chi connectivity index (χ4n) is 2.05. The zero-order chi connectivity index (χ0) is 20.7. The highest BCUT2D eigenvalue weighted by atomic mass is 16.6. The maximum absolute atomic E-state index is 12.4. The van der Waals surface area contributed by atoms with Gasteiger partial charge in [-0.05, 0) is 47.1 Å². The van der Waals surface area contributed by atoms with E-state index in [2.05, 4.69) is 0 Å². The molecule has 0 bridgehead atoms. The molecule has 0 heterocycles. The Morgan fingerprint density at radius 3 is 1.89 bits per heavy atom. The number of hydrogen-bond acceptors (Lipinski definition) is 6. The number of carbonyl (C=O) groups excluding carboxylic acids is 2. The Kier molecular flexibility index (Phi) is 8.40. The summed E-state index contributed by atoms with van der Waals surface area (Å²) in [5, 5.41) is 0. The van der Waals surface area contributed by atoms with E-state index >= 15 is 0 Å². The van der Waals surface area contributed by atoms with Gasteiger partial charge < -0.3 is 19.9 Å². The number of nitrogens with zero attached hydrogens (tertiary/aromatic N) is 1. The number of hydrogen-bond donors (Lipinski definition) is 1. The summed E-state index contributed by atoms with van der Waals surface area (Å²) in [5.74, 6) is 0. The van der Waals surface area contributed by atoms with Gasteiger partial charge >= 0.3 is 12.2 Å². The summed E-state index contributed by atoms with van der Waals surface area (Å²) < 4.78 is 16.2. The number of rotatable bonds is 6. The first-order valence-electron chi connectivity index (χ1n) is 8.98. The maximum atomic E-state index is 12.4. The summed E-state index contributed by atoms with van der Waals surface area (Å²) in [6, 6.07) is 9.08. The van der Waals surface area contributed by atoms with Crippen LogP contribution in [-0.4, -0.2) is 42.6 Å². The second-order valence-corrected chi connectivity index (χ2v) is 8.33. The van der Waals surface area contributed by atoms with Crippen molar-refractivity contribution in [2.24, 2.45) is 5.73 Å². The standard InChI is InChI=1S/C20H32N2O5/c1-19(2,3)26-17(23)22(18(24)27-20(4,5)6)12-16(21)14-25-13-15-10-8-7-9-11-15/h7-11,16H,12-14,21H2,1-6H3/q+1. The van der Waals surface area contributed by atoms with E-state index in [1.807, 2.05) is 30.3 Å². The maximum Gasteiger partial charge on any atom is 0.578 e. The summed E-state index contributed by atoms with van der Waals surface area (Å²) in [6.07, 6.45) is -1.59. The molecule has 0 aliphatic heterocycles. The largest absolute Gasteiger partial charge is 0.578 e.